The molecule has 0 saturated carbocycles. The van der Waals surface area contributed by atoms with E-state index in [-0.39, 0.29) is 17.0 Å². The number of fused-ring (bicyclic) bond motifs is 3. The Morgan fingerprint density at radius 2 is 1.93 bits per heavy atom. The van der Waals surface area contributed by atoms with Gasteiger partial charge in [-0.1, -0.05) is 12.1 Å². The van der Waals surface area contributed by atoms with Gasteiger partial charge in [0.1, 0.15) is 17.4 Å². The standard InChI is InChI=1S/C19H15N5O5/c1-27-15-7-11(13(24(25)26)8-16(15)28-2)9-22-23-19-18-17(20-10-21-19)12-5-3-4-6-14(12)29-18/h3-10H,1-2H3,(H,20,21,23)/b22-9-. The topological polar surface area (TPSA) is 125 Å². The first kappa shape index (κ1) is 18.2. The van der Waals surface area contributed by atoms with Gasteiger partial charge in [-0.3, -0.25) is 15.5 Å². The first-order valence-electron chi connectivity index (χ1n) is 8.44. The molecule has 0 bridgehead atoms. The van der Waals surface area contributed by atoms with Gasteiger partial charge < -0.3 is 13.9 Å². The van der Waals surface area contributed by atoms with Crippen molar-refractivity contribution in [2.45, 2.75) is 0 Å². The number of nitrogens with zero attached hydrogens (tertiary/aromatic N) is 4. The number of rotatable bonds is 6. The average Bonchev–Trinajstić information content (AvgIpc) is 3.12. The van der Waals surface area contributed by atoms with E-state index in [4.69, 9.17) is 13.9 Å². The van der Waals surface area contributed by atoms with Crippen LogP contribution in [0.3, 0.4) is 0 Å². The van der Waals surface area contributed by atoms with E-state index in [1.807, 2.05) is 24.3 Å². The van der Waals surface area contributed by atoms with E-state index < -0.39 is 4.92 Å². The van der Waals surface area contributed by atoms with Crippen molar-refractivity contribution in [1.29, 1.82) is 0 Å². The van der Waals surface area contributed by atoms with Crippen LogP contribution < -0.4 is 14.9 Å². The van der Waals surface area contributed by atoms with Crippen molar-refractivity contribution < 1.29 is 18.8 Å². The highest BCUT2D eigenvalue weighted by molar-refractivity contribution is 6.05. The number of methoxy groups -OCH3 is 2. The predicted octanol–water partition coefficient (Wildman–Crippen LogP) is 3.75. The van der Waals surface area contributed by atoms with Crippen LogP contribution in [0.4, 0.5) is 11.5 Å². The summed E-state index contributed by atoms with van der Waals surface area (Å²) in [6, 6.07) is 10.2. The molecule has 0 radical (unpaired) electrons. The Hall–Kier alpha value is -4.21. The number of benzene rings is 2. The summed E-state index contributed by atoms with van der Waals surface area (Å²) < 4.78 is 16.1. The zero-order valence-corrected chi connectivity index (χ0v) is 15.4. The first-order chi connectivity index (χ1) is 14.1. The molecule has 2 aromatic heterocycles. The molecule has 2 heterocycles. The SMILES string of the molecule is COc1cc(/C=N\Nc2ncnc3c2oc2ccccc23)c([N+](=O)[O-])cc1OC. The van der Waals surface area contributed by atoms with Crippen LogP contribution in [-0.2, 0) is 0 Å². The van der Waals surface area contributed by atoms with E-state index in [0.717, 1.165) is 5.39 Å². The number of furan rings is 1. The van der Waals surface area contributed by atoms with Crippen LogP contribution in [0.15, 0.2) is 52.2 Å². The number of hydrazone groups is 1. The number of hydrogen-bond acceptors (Lipinski definition) is 9. The van der Waals surface area contributed by atoms with Crippen LogP contribution in [0.2, 0.25) is 0 Å². The van der Waals surface area contributed by atoms with Crippen molar-refractivity contribution in [3.8, 4) is 11.5 Å². The Morgan fingerprint density at radius 1 is 1.17 bits per heavy atom. The summed E-state index contributed by atoms with van der Waals surface area (Å²) in [6.45, 7) is 0. The molecular weight excluding hydrogens is 378 g/mol. The van der Waals surface area contributed by atoms with E-state index in [0.29, 0.717) is 28.3 Å². The highest BCUT2D eigenvalue weighted by Crippen LogP contribution is 2.34. The van der Waals surface area contributed by atoms with E-state index in [2.05, 4.69) is 20.5 Å². The van der Waals surface area contributed by atoms with E-state index in [1.165, 1.54) is 38.9 Å². The molecule has 0 aliphatic carbocycles. The highest BCUT2D eigenvalue weighted by Gasteiger charge is 2.18. The fourth-order valence-electron chi connectivity index (χ4n) is 2.91. The Labute approximate surface area is 163 Å². The third-order valence-corrected chi connectivity index (χ3v) is 4.26. The van der Waals surface area contributed by atoms with Crippen LogP contribution in [0.25, 0.3) is 22.1 Å². The molecule has 1 N–H and O–H groups in total. The Balaban J connectivity index is 1.70. The number of nitro groups is 1. The molecule has 0 aliphatic rings. The molecule has 0 aliphatic heterocycles. The van der Waals surface area contributed by atoms with Crippen molar-refractivity contribution in [3.05, 3.63) is 58.4 Å². The second-order valence-corrected chi connectivity index (χ2v) is 5.89. The second-order valence-electron chi connectivity index (χ2n) is 5.89. The quantitative estimate of drug-likeness (QED) is 0.298. The molecule has 0 amide bonds. The number of nitro benzene ring substituents is 1. The molecule has 0 saturated heterocycles. The zero-order valence-electron chi connectivity index (χ0n) is 15.4. The summed E-state index contributed by atoms with van der Waals surface area (Å²) in [5, 5.41) is 16.3. The lowest BCUT2D eigenvalue weighted by Crippen LogP contribution is -2.00. The van der Waals surface area contributed by atoms with Gasteiger partial charge in [0.15, 0.2) is 22.9 Å². The van der Waals surface area contributed by atoms with Crippen molar-refractivity contribution in [2.75, 3.05) is 19.6 Å². The van der Waals surface area contributed by atoms with Gasteiger partial charge in [0.25, 0.3) is 5.69 Å². The molecule has 4 rings (SSSR count). The molecular formula is C19H15N5O5. The fraction of sp³-hybridized carbons (Fsp3) is 0.105. The number of hydrogen-bond donors (Lipinski definition) is 1. The first-order valence-corrected chi connectivity index (χ1v) is 8.44. The highest BCUT2D eigenvalue weighted by atomic mass is 16.6. The lowest BCUT2D eigenvalue weighted by molar-refractivity contribution is -0.385. The summed E-state index contributed by atoms with van der Waals surface area (Å²) in [6.07, 6.45) is 2.69. The minimum atomic E-state index is -0.522. The number of para-hydroxylation sites is 1. The third kappa shape index (κ3) is 3.27. The van der Waals surface area contributed by atoms with Crippen LogP contribution in [-0.4, -0.2) is 35.3 Å². The Morgan fingerprint density at radius 3 is 2.69 bits per heavy atom. The molecule has 10 heteroatoms. The molecule has 10 nitrogen and oxygen atoms in total. The Kier molecular flexibility index (Phi) is 4.65. The lowest BCUT2D eigenvalue weighted by Gasteiger charge is -2.08. The smallest absolute Gasteiger partial charge is 0.282 e. The zero-order chi connectivity index (χ0) is 20.4. The molecule has 0 unspecified atom stereocenters. The molecule has 4 aromatic rings. The molecule has 0 spiro atoms. The van der Waals surface area contributed by atoms with E-state index in [1.54, 1.807) is 0 Å². The largest absolute Gasteiger partial charge is 0.493 e. The van der Waals surface area contributed by atoms with Crippen molar-refractivity contribution in [1.82, 2.24) is 9.97 Å². The summed E-state index contributed by atoms with van der Waals surface area (Å²) in [4.78, 5) is 19.3. The van der Waals surface area contributed by atoms with Crippen molar-refractivity contribution in [2.24, 2.45) is 5.10 Å². The normalized spacial score (nSPS) is 11.2. The molecule has 2 aromatic carbocycles. The predicted molar refractivity (Wildman–Crippen MR) is 107 cm³/mol. The van der Waals surface area contributed by atoms with Gasteiger partial charge in [0, 0.05) is 5.39 Å². The van der Waals surface area contributed by atoms with Crippen molar-refractivity contribution >= 4 is 39.8 Å². The fourth-order valence-corrected chi connectivity index (χ4v) is 2.91. The maximum atomic E-state index is 11.4. The number of nitrogens with one attached hydrogen (secondary N) is 1. The van der Waals surface area contributed by atoms with E-state index >= 15 is 0 Å². The number of anilines is 1. The maximum Gasteiger partial charge on any atom is 0.282 e. The van der Waals surface area contributed by atoms with Crippen molar-refractivity contribution in [3.63, 3.8) is 0 Å². The van der Waals surface area contributed by atoms with Gasteiger partial charge in [0.2, 0.25) is 0 Å². The monoisotopic (exact) mass is 393 g/mol. The number of aromatic nitrogens is 2. The van der Waals surface area contributed by atoms with Crippen LogP contribution in [0.5, 0.6) is 11.5 Å². The minimum absolute atomic E-state index is 0.176. The van der Waals surface area contributed by atoms with Gasteiger partial charge in [0.05, 0.1) is 37.0 Å². The summed E-state index contributed by atoms with van der Waals surface area (Å²) in [7, 11) is 2.85. The Bertz CT molecular complexity index is 1250. The molecule has 29 heavy (non-hydrogen) atoms. The molecule has 0 fully saturated rings. The van der Waals surface area contributed by atoms with Crippen LogP contribution >= 0.6 is 0 Å². The van der Waals surface area contributed by atoms with Crippen LogP contribution in [0, 0.1) is 10.1 Å². The van der Waals surface area contributed by atoms with Gasteiger partial charge in [-0.25, -0.2) is 9.97 Å². The number of ether oxygens (including phenoxy) is 2. The summed E-state index contributed by atoms with van der Waals surface area (Å²) in [5.74, 6) is 0.941. The lowest BCUT2D eigenvalue weighted by atomic mass is 10.1. The minimum Gasteiger partial charge on any atom is -0.493 e. The van der Waals surface area contributed by atoms with E-state index in [9.17, 15) is 10.1 Å². The van der Waals surface area contributed by atoms with Gasteiger partial charge in [-0.15, -0.1) is 0 Å². The van der Waals surface area contributed by atoms with Gasteiger partial charge in [-0.2, -0.15) is 5.10 Å². The summed E-state index contributed by atoms with van der Waals surface area (Å²) in [5.41, 5.74) is 4.57. The van der Waals surface area contributed by atoms with Gasteiger partial charge >= 0.3 is 0 Å². The summed E-state index contributed by atoms with van der Waals surface area (Å²) >= 11 is 0. The third-order valence-electron chi connectivity index (χ3n) is 4.26. The average molecular weight is 393 g/mol. The van der Waals surface area contributed by atoms with Gasteiger partial charge in [-0.05, 0) is 18.2 Å². The molecule has 0 atom stereocenters. The second kappa shape index (κ2) is 7.43. The maximum absolute atomic E-state index is 11.4. The molecule has 146 valence electrons. The van der Waals surface area contributed by atoms with Crippen LogP contribution in [0.1, 0.15) is 5.56 Å².